The fraction of sp³-hybridized carbons (Fsp3) is 0.143. The molecule has 1 aliphatic rings. The van der Waals surface area contributed by atoms with Gasteiger partial charge >= 0.3 is 5.97 Å². The van der Waals surface area contributed by atoms with Crippen molar-refractivity contribution in [3.05, 3.63) is 95.7 Å². The van der Waals surface area contributed by atoms with Crippen molar-refractivity contribution in [2.75, 3.05) is 7.11 Å². The van der Waals surface area contributed by atoms with E-state index in [1.165, 1.54) is 18.2 Å². The predicted molar refractivity (Wildman–Crippen MR) is 97.6 cm³/mol. The molecule has 2 atom stereocenters. The largest absolute Gasteiger partial charge is 0.465 e. The highest BCUT2D eigenvalue weighted by Gasteiger charge is 2.45. The van der Waals surface area contributed by atoms with Crippen LogP contribution in [0.1, 0.15) is 32.8 Å². The van der Waals surface area contributed by atoms with Crippen molar-refractivity contribution >= 4 is 17.7 Å². The van der Waals surface area contributed by atoms with Crippen LogP contribution < -0.4 is 4.57 Å². The summed E-state index contributed by atoms with van der Waals surface area (Å²) in [6.07, 6.45) is 2.05. The molecule has 0 amide bonds. The summed E-state index contributed by atoms with van der Waals surface area (Å²) >= 11 is 1.72. The Balaban J connectivity index is 1.88. The van der Waals surface area contributed by atoms with Crippen LogP contribution >= 0.6 is 11.8 Å². The number of rotatable bonds is 3. The molecule has 1 aliphatic heterocycles. The fourth-order valence-corrected chi connectivity index (χ4v) is 4.85. The average molecular weight is 348 g/mol. The van der Waals surface area contributed by atoms with Crippen molar-refractivity contribution in [2.24, 2.45) is 0 Å². The summed E-state index contributed by atoms with van der Waals surface area (Å²) in [5.41, 5.74) is 3.10. The standard InChI is InChI=1S/C21H18NO2S/c1-24-21(23)17-13-8-14-22-18(15-9-4-2-5-10-15)19(25-20(17)22)16-11-6-3-7-12-16/h2-14,18-19H,1H3/q+1. The minimum absolute atomic E-state index is 0.133. The molecule has 1 aromatic heterocycles. The first-order chi connectivity index (χ1) is 12.3. The van der Waals surface area contributed by atoms with Crippen LogP contribution in [0.3, 0.4) is 0 Å². The van der Waals surface area contributed by atoms with Gasteiger partial charge in [0.05, 0.1) is 7.11 Å². The number of carbonyl (C=O) groups is 1. The van der Waals surface area contributed by atoms with E-state index < -0.39 is 0 Å². The molecule has 2 aromatic carbocycles. The van der Waals surface area contributed by atoms with Gasteiger partial charge in [-0.15, -0.1) is 0 Å². The van der Waals surface area contributed by atoms with Crippen molar-refractivity contribution in [2.45, 2.75) is 16.3 Å². The van der Waals surface area contributed by atoms with E-state index in [9.17, 15) is 4.79 Å². The van der Waals surface area contributed by atoms with Gasteiger partial charge in [-0.25, -0.2) is 4.79 Å². The maximum Gasteiger partial charge on any atom is 0.345 e. The molecule has 0 bridgehead atoms. The van der Waals surface area contributed by atoms with E-state index in [4.69, 9.17) is 4.74 Å². The van der Waals surface area contributed by atoms with Gasteiger partial charge in [-0.1, -0.05) is 60.7 Å². The number of esters is 1. The third-order valence-electron chi connectivity index (χ3n) is 4.47. The summed E-state index contributed by atoms with van der Waals surface area (Å²) in [6.45, 7) is 0. The SMILES string of the molecule is COC(=O)c1ccc[n+]2c1SC(c1ccccc1)C2c1ccccc1. The van der Waals surface area contributed by atoms with Gasteiger partial charge in [0.1, 0.15) is 10.8 Å². The molecule has 0 saturated carbocycles. The van der Waals surface area contributed by atoms with Crippen molar-refractivity contribution in [3.63, 3.8) is 0 Å². The first-order valence-electron chi connectivity index (χ1n) is 8.18. The number of nitrogens with zero attached hydrogens (tertiary/aromatic N) is 1. The lowest BCUT2D eigenvalue weighted by atomic mass is 9.98. The van der Waals surface area contributed by atoms with Gasteiger partial charge in [0.15, 0.2) is 6.20 Å². The van der Waals surface area contributed by atoms with Crippen LogP contribution in [0.2, 0.25) is 0 Å². The number of thioether (sulfide) groups is 1. The van der Waals surface area contributed by atoms with Crippen LogP contribution in [0, 0.1) is 0 Å². The lowest BCUT2D eigenvalue weighted by Gasteiger charge is -2.15. The van der Waals surface area contributed by atoms with Crippen molar-refractivity contribution in [1.82, 2.24) is 0 Å². The van der Waals surface area contributed by atoms with Crippen molar-refractivity contribution in [1.29, 1.82) is 0 Å². The Labute approximate surface area is 151 Å². The maximum atomic E-state index is 12.2. The Hall–Kier alpha value is -2.59. The first-order valence-corrected chi connectivity index (χ1v) is 9.06. The summed E-state index contributed by atoms with van der Waals surface area (Å²) in [5, 5.41) is 1.16. The van der Waals surface area contributed by atoms with Crippen LogP contribution in [0.5, 0.6) is 0 Å². The monoisotopic (exact) mass is 348 g/mol. The number of ether oxygens (including phenoxy) is 1. The molecule has 0 fully saturated rings. The highest BCUT2D eigenvalue weighted by atomic mass is 32.2. The third kappa shape index (κ3) is 2.83. The normalized spacial score (nSPS) is 18.6. The second-order valence-corrected chi connectivity index (χ2v) is 7.06. The van der Waals surface area contributed by atoms with E-state index >= 15 is 0 Å². The molecular weight excluding hydrogens is 330 g/mol. The molecule has 0 radical (unpaired) electrons. The summed E-state index contributed by atoms with van der Waals surface area (Å²) in [6, 6.07) is 24.8. The first kappa shape index (κ1) is 15.9. The second-order valence-electron chi connectivity index (χ2n) is 5.93. The van der Waals surface area contributed by atoms with E-state index in [1.807, 2.05) is 24.3 Å². The molecule has 3 nitrogen and oxygen atoms in total. The molecule has 4 heteroatoms. The number of benzene rings is 2. The molecule has 0 spiro atoms. The zero-order valence-electron chi connectivity index (χ0n) is 13.8. The van der Waals surface area contributed by atoms with E-state index in [1.54, 1.807) is 11.8 Å². The van der Waals surface area contributed by atoms with Crippen LogP contribution in [0.15, 0.2) is 84.0 Å². The van der Waals surface area contributed by atoms with Gasteiger partial charge in [-0.05, 0) is 23.4 Å². The van der Waals surface area contributed by atoms with Gasteiger partial charge in [0.25, 0.3) is 5.03 Å². The lowest BCUT2D eigenvalue weighted by molar-refractivity contribution is -0.742. The molecular formula is C21H18NO2S+. The van der Waals surface area contributed by atoms with Crippen molar-refractivity contribution < 1.29 is 14.1 Å². The molecule has 124 valence electrons. The van der Waals surface area contributed by atoms with E-state index in [-0.39, 0.29) is 17.3 Å². The third-order valence-corrected chi connectivity index (χ3v) is 5.91. The lowest BCUT2D eigenvalue weighted by Crippen LogP contribution is -2.40. The molecule has 0 saturated heterocycles. The molecule has 4 rings (SSSR count). The average Bonchev–Trinajstić information content (AvgIpc) is 3.08. The van der Waals surface area contributed by atoms with E-state index in [0.29, 0.717) is 5.56 Å². The van der Waals surface area contributed by atoms with Crippen LogP contribution in [-0.2, 0) is 4.74 Å². The molecule has 2 unspecified atom stereocenters. The number of methoxy groups -OCH3 is 1. The number of pyridine rings is 1. The Morgan fingerprint density at radius 2 is 1.56 bits per heavy atom. The molecule has 25 heavy (non-hydrogen) atoms. The zero-order valence-corrected chi connectivity index (χ0v) is 14.6. The van der Waals surface area contributed by atoms with Gasteiger partial charge in [-0.3, -0.25) is 0 Å². The zero-order chi connectivity index (χ0) is 17.2. The van der Waals surface area contributed by atoms with Crippen LogP contribution in [-0.4, -0.2) is 13.1 Å². The quantitative estimate of drug-likeness (QED) is 0.525. The highest BCUT2D eigenvalue weighted by Crippen LogP contribution is 2.49. The number of hydrogen-bond donors (Lipinski definition) is 0. The smallest absolute Gasteiger partial charge is 0.345 e. The predicted octanol–water partition coefficient (Wildman–Crippen LogP) is 4.20. The maximum absolute atomic E-state index is 12.2. The molecule has 0 aliphatic carbocycles. The Morgan fingerprint density at radius 1 is 0.920 bits per heavy atom. The number of carbonyl (C=O) groups excluding carboxylic acids is 1. The highest BCUT2D eigenvalue weighted by molar-refractivity contribution is 7.99. The fourth-order valence-electron chi connectivity index (χ4n) is 3.33. The topological polar surface area (TPSA) is 30.2 Å². The Morgan fingerprint density at radius 3 is 2.20 bits per heavy atom. The summed E-state index contributed by atoms with van der Waals surface area (Å²) in [7, 11) is 1.43. The minimum Gasteiger partial charge on any atom is -0.465 e. The summed E-state index contributed by atoms with van der Waals surface area (Å²) in [5.74, 6) is -0.294. The Bertz CT molecular complexity index is 896. The van der Waals surface area contributed by atoms with Gasteiger partial charge in [0, 0.05) is 11.6 Å². The van der Waals surface area contributed by atoms with Gasteiger partial charge < -0.3 is 4.74 Å². The summed E-state index contributed by atoms with van der Waals surface area (Å²) in [4.78, 5) is 12.2. The van der Waals surface area contributed by atoms with Crippen LogP contribution in [0.4, 0.5) is 0 Å². The molecule has 3 aromatic rings. The van der Waals surface area contributed by atoms with Gasteiger partial charge in [0.2, 0.25) is 6.04 Å². The van der Waals surface area contributed by atoms with E-state index in [2.05, 4.69) is 59.3 Å². The molecule has 2 heterocycles. The summed E-state index contributed by atoms with van der Waals surface area (Å²) < 4.78 is 7.18. The number of hydrogen-bond acceptors (Lipinski definition) is 3. The van der Waals surface area contributed by atoms with E-state index in [0.717, 1.165) is 5.03 Å². The number of aromatic nitrogens is 1. The van der Waals surface area contributed by atoms with Crippen molar-refractivity contribution in [3.8, 4) is 0 Å². The van der Waals surface area contributed by atoms with Crippen LogP contribution in [0.25, 0.3) is 0 Å². The number of fused-ring (bicyclic) bond motifs is 1. The molecule has 0 N–H and O–H groups in total. The van der Waals surface area contributed by atoms with Gasteiger partial charge in [-0.2, -0.15) is 4.57 Å². The Kier molecular flexibility index (Phi) is 4.28. The minimum atomic E-state index is -0.294. The second kappa shape index (κ2) is 6.73.